The van der Waals surface area contributed by atoms with Crippen LogP contribution in [0.4, 0.5) is 14.5 Å². The molecule has 7 heteroatoms. The van der Waals surface area contributed by atoms with Gasteiger partial charge in [0.15, 0.2) is 6.54 Å². The van der Waals surface area contributed by atoms with Crippen molar-refractivity contribution in [1.29, 1.82) is 0 Å². The quantitative estimate of drug-likeness (QED) is 0.799. The highest BCUT2D eigenvalue weighted by Crippen LogP contribution is 2.15. The molecule has 0 spiro atoms. The standard InChI is InChI=1S/C17H17ClF2N2O2/c1-22(8-9-24-14-5-2-12(18)3-6-14)11-17(23)21-16-7-4-13(19)10-15(16)20/h2-7,10H,8-9,11H2,1H3,(H,21,23)/p+1. The SMILES string of the molecule is C[NH+](CCOc1ccc(Cl)cc1)CC(=O)Nc1ccc(F)cc1F. The molecule has 0 bridgehead atoms. The van der Waals surface area contributed by atoms with Crippen LogP contribution >= 0.6 is 11.6 Å². The van der Waals surface area contributed by atoms with Crippen LogP contribution in [-0.2, 0) is 4.79 Å². The first-order valence-corrected chi connectivity index (χ1v) is 7.76. The minimum Gasteiger partial charge on any atom is -0.488 e. The summed E-state index contributed by atoms with van der Waals surface area (Å²) >= 11 is 5.79. The van der Waals surface area contributed by atoms with Crippen LogP contribution in [0.25, 0.3) is 0 Å². The van der Waals surface area contributed by atoms with Gasteiger partial charge in [-0.3, -0.25) is 4.79 Å². The van der Waals surface area contributed by atoms with Gasteiger partial charge in [0.05, 0.1) is 12.7 Å². The van der Waals surface area contributed by atoms with Crippen molar-refractivity contribution in [2.24, 2.45) is 0 Å². The van der Waals surface area contributed by atoms with E-state index in [1.165, 1.54) is 6.07 Å². The molecule has 2 aromatic rings. The van der Waals surface area contributed by atoms with Crippen molar-refractivity contribution >= 4 is 23.2 Å². The van der Waals surface area contributed by atoms with E-state index >= 15 is 0 Å². The highest BCUT2D eigenvalue weighted by atomic mass is 35.5. The van der Waals surface area contributed by atoms with E-state index in [1.54, 1.807) is 24.3 Å². The zero-order chi connectivity index (χ0) is 17.5. The molecule has 2 aromatic carbocycles. The number of rotatable bonds is 7. The molecule has 2 N–H and O–H groups in total. The molecule has 1 unspecified atom stereocenters. The number of hydrogen-bond donors (Lipinski definition) is 2. The van der Waals surface area contributed by atoms with Crippen molar-refractivity contribution in [3.63, 3.8) is 0 Å². The maximum Gasteiger partial charge on any atom is 0.279 e. The number of nitrogens with one attached hydrogen (secondary N) is 2. The molecule has 0 fully saturated rings. The molecule has 0 aromatic heterocycles. The summed E-state index contributed by atoms with van der Waals surface area (Å²) < 4.78 is 31.8. The van der Waals surface area contributed by atoms with E-state index in [4.69, 9.17) is 16.3 Å². The molecule has 0 saturated carbocycles. The van der Waals surface area contributed by atoms with Gasteiger partial charge in [-0.05, 0) is 36.4 Å². The van der Waals surface area contributed by atoms with E-state index in [2.05, 4.69) is 5.32 Å². The first-order chi connectivity index (χ1) is 11.4. The van der Waals surface area contributed by atoms with E-state index in [0.717, 1.165) is 17.0 Å². The first-order valence-electron chi connectivity index (χ1n) is 7.38. The van der Waals surface area contributed by atoms with E-state index in [-0.39, 0.29) is 18.1 Å². The second kappa shape index (κ2) is 8.61. The van der Waals surface area contributed by atoms with Crippen LogP contribution in [-0.4, -0.2) is 32.7 Å². The number of hydrogen-bond acceptors (Lipinski definition) is 2. The van der Waals surface area contributed by atoms with Crippen molar-refractivity contribution in [2.75, 3.05) is 32.1 Å². The summed E-state index contributed by atoms with van der Waals surface area (Å²) in [5, 5.41) is 3.06. The van der Waals surface area contributed by atoms with Crippen molar-refractivity contribution in [1.82, 2.24) is 0 Å². The predicted octanol–water partition coefficient (Wildman–Crippen LogP) is 2.15. The second-order valence-corrected chi connectivity index (χ2v) is 5.80. The van der Waals surface area contributed by atoms with Crippen LogP contribution < -0.4 is 15.0 Å². The fourth-order valence-corrected chi connectivity index (χ4v) is 2.15. The van der Waals surface area contributed by atoms with Gasteiger partial charge in [0, 0.05) is 11.1 Å². The van der Waals surface area contributed by atoms with Gasteiger partial charge in [-0.1, -0.05) is 11.6 Å². The molecule has 24 heavy (non-hydrogen) atoms. The summed E-state index contributed by atoms with van der Waals surface area (Å²) in [6.07, 6.45) is 0. The largest absolute Gasteiger partial charge is 0.488 e. The zero-order valence-electron chi connectivity index (χ0n) is 13.1. The molecule has 0 saturated heterocycles. The Bertz CT molecular complexity index is 695. The van der Waals surface area contributed by atoms with Crippen molar-refractivity contribution in [3.8, 4) is 5.75 Å². The van der Waals surface area contributed by atoms with Gasteiger partial charge in [0.25, 0.3) is 5.91 Å². The molecule has 0 radical (unpaired) electrons. The summed E-state index contributed by atoms with van der Waals surface area (Å²) in [5.74, 6) is -1.14. The van der Waals surface area contributed by atoms with E-state index < -0.39 is 11.6 Å². The topological polar surface area (TPSA) is 42.8 Å². The molecular weight excluding hydrogens is 338 g/mol. The van der Waals surface area contributed by atoms with Gasteiger partial charge in [-0.25, -0.2) is 8.78 Å². The average molecular weight is 356 g/mol. The lowest BCUT2D eigenvalue weighted by atomic mass is 10.3. The summed E-state index contributed by atoms with van der Waals surface area (Å²) in [5.41, 5.74) is -0.0355. The van der Waals surface area contributed by atoms with E-state index in [1.807, 2.05) is 7.05 Å². The number of anilines is 1. The maximum absolute atomic E-state index is 13.5. The molecule has 128 valence electrons. The Labute approximate surface area is 144 Å². The lowest BCUT2D eigenvalue weighted by Gasteiger charge is -2.14. The Morgan fingerprint density at radius 1 is 1.21 bits per heavy atom. The Morgan fingerprint density at radius 2 is 1.92 bits per heavy atom. The number of halogens is 3. The van der Waals surface area contributed by atoms with Crippen LogP contribution in [0, 0.1) is 11.6 Å². The predicted molar refractivity (Wildman–Crippen MR) is 88.6 cm³/mol. The van der Waals surface area contributed by atoms with Gasteiger partial charge in [-0.2, -0.15) is 0 Å². The lowest BCUT2D eigenvalue weighted by molar-refractivity contribution is -0.871. The minimum absolute atomic E-state index is 0.0355. The Morgan fingerprint density at radius 3 is 2.58 bits per heavy atom. The van der Waals surface area contributed by atoms with Gasteiger partial charge < -0.3 is 15.0 Å². The number of amides is 1. The van der Waals surface area contributed by atoms with Crippen LogP contribution in [0.2, 0.25) is 5.02 Å². The van der Waals surface area contributed by atoms with Crippen LogP contribution in [0.1, 0.15) is 0 Å². The third kappa shape index (κ3) is 5.79. The number of carbonyl (C=O) groups excluding carboxylic acids is 1. The molecule has 4 nitrogen and oxygen atoms in total. The highest BCUT2D eigenvalue weighted by Gasteiger charge is 2.13. The Balaban J connectivity index is 1.74. The van der Waals surface area contributed by atoms with Crippen molar-refractivity contribution < 1.29 is 23.2 Å². The molecule has 0 aliphatic carbocycles. The third-order valence-corrected chi connectivity index (χ3v) is 3.53. The van der Waals surface area contributed by atoms with Crippen LogP contribution in [0.3, 0.4) is 0 Å². The number of ether oxygens (including phenoxy) is 1. The molecule has 0 aliphatic heterocycles. The minimum atomic E-state index is -0.799. The van der Waals surface area contributed by atoms with Crippen LogP contribution in [0.5, 0.6) is 5.75 Å². The summed E-state index contributed by atoms with van der Waals surface area (Å²) in [4.78, 5) is 12.8. The summed E-state index contributed by atoms with van der Waals surface area (Å²) in [6.45, 7) is 1.15. The lowest BCUT2D eigenvalue weighted by Crippen LogP contribution is -3.10. The monoisotopic (exact) mass is 355 g/mol. The number of likely N-dealkylation sites (N-methyl/N-ethyl adjacent to an activating group) is 1. The summed E-state index contributed by atoms with van der Waals surface area (Å²) in [7, 11) is 1.83. The number of quaternary nitrogens is 1. The van der Waals surface area contributed by atoms with Crippen LogP contribution in [0.15, 0.2) is 42.5 Å². The van der Waals surface area contributed by atoms with E-state index in [9.17, 15) is 13.6 Å². The smallest absolute Gasteiger partial charge is 0.279 e. The number of benzene rings is 2. The fourth-order valence-electron chi connectivity index (χ4n) is 2.02. The molecule has 0 aliphatic rings. The molecule has 1 atom stereocenters. The van der Waals surface area contributed by atoms with E-state index in [0.29, 0.717) is 23.9 Å². The molecule has 1 amide bonds. The molecule has 2 rings (SSSR count). The Kier molecular flexibility index (Phi) is 6.52. The van der Waals surface area contributed by atoms with Gasteiger partial charge in [-0.15, -0.1) is 0 Å². The van der Waals surface area contributed by atoms with Gasteiger partial charge in [0.2, 0.25) is 0 Å². The Hall–Kier alpha value is -2.18. The number of carbonyl (C=O) groups is 1. The van der Waals surface area contributed by atoms with Gasteiger partial charge >= 0.3 is 0 Å². The zero-order valence-corrected chi connectivity index (χ0v) is 13.9. The average Bonchev–Trinajstić information content (AvgIpc) is 2.52. The first kappa shape index (κ1) is 18.2. The highest BCUT2D eigenvalue weighted by molar-refractivity contribution is 6.30. The van der Waals surface area contributed by atoms with Crippen molar-refractivity contribution in [2.45, 2.75) is 0 Å². The normalized spacial score (nSPS) is 11.8. The second-order valence-electron chi connectivity index (χ2n) is 5.36. The maximum atomic E-state index is 13.5. The third-order valence-electron chi connectivity index (χ3n) is 3.28. The van der Waals surface area contributed by atoms with Gasteiger partial charge in [0.1, 0.15) is 30.5 Å². The van der Waals surface area contributed by atoms with Crippen molar-refractivity contribution in [3.05, 3.63) is 59.1 Å². The molecule has 0 heterocycles. The fraction of sp³-hybridized carbons (Fsp3) is 0.235. The molecular formula is C17H18ClF2N2O2+. The summed E-state index contributed by atoms with van der Waals surface area (Å²) in [6, 6.07) is 10.0.